The number of nitriles is 1. The van der Waals surface area contributed by atoms with Gasteiger partial charge in [-0.25, -0.2) is 23.7 Å². The zero-order chi connectivity index (χ0) is 26.4. The summed E-state index contributed by atoms with van der Waals surface area (Å²) in [5, 5.41) is 22.1. The molecule has 0 saturated heterocycles. The highest BCUT2D eigenvalue weighted by molar-refractivity contribution is 5.62. The Balaban J connectivity index is 1.62. The first-order chi connectivity index (χ1) is 17.7. The summed E-state index contributed by atoms with van der Waals surface area (Å²) in [5.74, 6) is -0.381. The average Bonchev–Trinajstić information content (AvgIpc) is 3.35. The Morgan fingerprint density at radius 3 is 2.59 bits per heavy atom. The molecule has 1 aromatic carbocycles. The molecule has 37 heavy (non-hydrogen) atoms. The molecule has 0 bridgehead atoms. The first kappa shape index (κ1) is 24.6. The fraction of sp³-hybridized carbons (Fsp3) is 0.370. The second-order valence-corrected chi connectivity index (χ2v) is 10.2. The minimum atomic E-state index is -0.684. The summed E-state index contributed by atoms with van der Waals surface area (Å²) < 4.78 is 30.5. The second-order valence-electron chi connectivity index (χ2n) is 10.2. The van der Waals surface area contributed by atoms with E-state index in [1.165, 1.54) is 29.2 Å². The molecule has 188 valence electrons. The lowest BCUT2D eigenvalue weighted by molar-refractivity contribution is 0.158. The van der Waals surface area contributed by atoms with E-state index in [2.05, 4.69) is 59.0 Å². The minimum absolute atomic E-state index is 0.0847. The van der Waals surface area contributed by atoms with Gasteiger partial charge in [-0.05, 0) is 54.5 Å². The molecular formula is C27H26F2N8. The molecular weight excluding hydrogens is 474 g/mol. The predicted molar refractivity (Wildman–Crippen MR) is 132 cm³/mol. The van der Waals surface area contributed by atoms with Crippen LogP contribution in [0, 0.1) is 28.4 Å². The molecule has 0 N–H and O–H groups in total. The van der Waals surface area contributed by atoms with Crippen molar-refractivity contribution in [1.29, 1.82) is 5.26 Å². The molecule has 2 atom stereocenters. The summed E-state index contributed by atoms with van der Waals surface area (Å²) in [7, 11) is 0. The van der Waals surface area contributed by atoms with Crippen LogP contribution >= 0.6 is 0 Å². The van der Waals surface area contributed by atoms with E-state index < -0.39 is 17.0 Å². The SMILES string of the molecule is C[C@@H]1CC(C)(C)[C@@](C)(c2ccnc(-n3cnc(CCC#N)n3)n2)c2nnc(-c3c(F)cccc3F)cc21. The largest absolute Gasteiger partial charge is 0.252 e. The second kappa shape index (κ2) is 9.07. The lowest BCUT2D eigenvalue weighted by atomic mass is 9.54. The van der Waals surface area contributed by atoms with Crippen molar-refractivity contribution in [2.75, 3.05) is 0 Å². The van der Waals surface area contributed by atoms with Crippen molar-refractivity contribution in [2.24, 2.45) is 5.41 Å². The molecule has 0 aliphatic heterocycles. The topological polar surface area (TPSA) is 106 Å². The van der Waals surface area contributed by atoms with E-state index in [0.717, 1.165) is 23.4 Å². The maximum absolute atomic E-state index is 14.5. The molecule has 0 saturated carbocycles. The number of fused-ring (bicyclic) bond motifs is 1. The molecule has 0 amide bonds. The van der Waals surface area contributed by atoms with Gasteiger partial charge in [0.15, 0.2) is 5.82 Å². The van der Waals surface area contributed by atoms with E-state index in [1.807, 2.05) is 6.07 Å². The van der Waals surface area contributed by atoms with Crippen LogP contribution in [-0.4, -0.2) is 34.9 Å². The van der Waals surface area contributed by atoms with Crippen LogP contribution in [0.5, 0.6) is 0 Å². The number of nitrogens with zero attached hydrogens (tertiary/aromatic N) is 8. The van der Waals surface area contributed by atoms with Crippen molar-refractivity contribution in [3.63, 3.8) is 0 Å². The summed E-state index contributed by atoms with van der Waals surface area (Å²) in [6.45, 7) is 8.49. The fourth-order valence-corrected chi connectivity index (χ4v) is 5.32. The number of halogens is 2. The smallest absolute Gasteiger partial charge is 0.220 e. The van der Waals surface area contributed by atoms with Crippen molar-refractivity contribution < 1.29 is 8.78 Å². The van der Waals surface area contributed by atoms with Gasteiger partial charge in [0, 0.05) is 19.0 Å². The van der Waals surface area contributed by atoms with Crippen molar-refractivity contribution in [2.45, 2.75) is 58.3 Å². The number of aryl methyl sites for hydroxylation is 1. The van der Waals surface area contributed by atoms with E-state index >= 15 is 0 Å². The Bertz CT molecular complexity index is 1500. The van der Waals surface area contributed by atoms with Crippen LogP contribution in [0.3, 0.4) is 0 Å². The van der Waals surface area contributed by atoms with E-state index in [9.17, 15) is 8.78 Å². The number of aromatic nitrogens is 7. The van der Waals surface area contributed by atoms with E-state index in [0.29, 0.717) is 24.6 Å². The Labute approximate surface area is 213 Å². The standard InChI is InChI=1S/C27H26F2N8/c1-16-14-26(2,3)27(4,21-10-12-31-25(33-21)37-15-32-22(36-37)9-6-11-30)24-17(16)13-20(34-35-24)23-18(28)7-5-8-19(23)29/h5,7-8,10,12-13,15-16H,6,9,14H2,1-4H3/t16-,27+/m1/s1. The summed E-state index contributed by atoms with van der Waals surface area (Å²) in [6.07, 6.45) is 4.76. The fourth-order valence-electron chi connectivity index (χ4n) is 5.32. The van der Waals surface area contributed by atoms with Crippen molar-refractivity contribution in [1.82, 2.24) is 34.9 Å². The van der Waals surface area contributed by atoms with E-state index in [-0.39, 0.29) is 22.6 Å². The van der Waals surface area contributed by atoms with Gasteiger partial charge in [-0.3, -0.25) is 0 Å². The van der Waals surface area contributed by atoms with Crippen LogP contribution in [-0.2, 0) is 11.8 Å². The van der Waals surface area contributed by atoms with Gasteiger partial charge in [0.05, 0.1) is 34.1 Å². The molecule has 0 spiro atoms. The first-order valence-electron chi connectivity index (χ1n) is 12.1. The maximum atomic E-state index is 14.5. The lowest BCUT2D eigenvalue weighted by Gasteiger charge is -2.49. The molecule has 0 unspecified atom stereocenters. The third-order valence-corrected chi connectivity index (χ3v) is 7.58. The zero-order valence-electron chi connectivity index (χ0n) is 21.1. The van der Waals surface area contributed by atoms with Gasteiger partial charge >= 0.3 is 0 Å². The summed E-state index contributed by atoms with van der Waals surface area (Å²) in [5.41, 5.74) is 1.34. The molecule has 3 heterocycles. The number of benzene rings is 1. The van der Waals surface area contributed by atoms with Crippen LogP contribution in [0.4, 0.5) is 8.78 Å². The Morgan fingerprint density at radius 1 is 1.11 bits per heavy atom. The molecule has 5 rings (SSSR count). The predicted octanol–water partition coefficient (Wildman–Crippen LogP) is 5.09. The monoisotopic (exact) mass is 500 g/mol. The van der Waals surface area contributed by atoms with Crippen LogP contribution in [0.1, 0.15) is 69.2 Å². The molecule has 1 aliphatic carbocycles. The molecule has 8 nitrogen and oxygen atoms in total. The van der Waals surface area contributed by atoms with Gasteiger partial charge in [-0.15, -0.1) is 10.2 Å². The summed E-state index contributed by atoms with van der Waals surface area (Å²) in [4.78, 5) is 13.5. The highest BCUT2D eigenvalue weighted by atomic mass is 19.1. The summed E-state index contributed by atoms with van der Waals surface area (Å²) in [6, 6.07) is 9.46. The third kappa shape index (κ3) is 4.04. The average molecular weight is 501 g/mol. The van der Waals surface area contributed by atoms with Gasteiger partial charge in [0.1, 0.15) is 18.0 Å². The molecule has 1 aliphatic rings. The van der Waals surface area contributed by atoms with Crippen molar-refractivity contribution in [3.05, 3.63) is 77.3 Å². The molecule has 4 aromatic rings. The van der Waals surface area contributed by atoms with Crippen molar-refractivity contribution >= 4 is 0 Å². The number of rotatable bonds is 5. The highest BCUT2D eigenvalue weighted by Crippen LogP contribution is 2.56. The molecule has 0 radical (unpaired) electrons. The van der Waals surface area contributed by atoms with Crippen LogP contribution in [0.25, 0.3) is 17.2 Å². The third-order valence-electron chi connectivity index (χ3n) is 7.58. The van der Waals surface area contributed by atoms with Crippen LogP contribution < -0.4 is 0 Å². The Hall–Kier alpha value is -4.13. The van der Waals surface area contributed by atoms with E-state index in [1.54, 1.807) is 12.3 Å². The van der Waals surface area contributed by atoms with E-state index in [4.69, 9.17) is 10.2 Å². The normalized spacial score (nSPS) is 20.3. The van der Waals surface area contributed by atoms with Gasteiger partial charge in [0.2, 0.25) is 0 Å². The molecule has 3 aromatic heterocycles. The van der Waals surface area contributed by atoms with Crippen LogP contribution in [0.15, 0.2) is 42.9 Å². The quantitative estimate of drug-likeness (QED) is 0.376. The van der Waals surface area contributed by atoms with Gasteiger partial charge in [-0.1, -0.05) is 26.8 Å². The van der Waals surface area contributed by atoms with Gasteiger partial charge in [-0.2, -0.15) is 15.0 Å². The molecule has 0 fully saturated rings. The zero-order valence-corrected chi connectivity index (χ0v) is 21.1. The van der Waals surface area contributed by atoms with Crippen LogP contribution in [0.2, 0.25) is 0 Å². The van der Waals surface area contributed by atoms with Crippen molar-refractivity contribution in [3.8, 4) is 23.3 Å². The molecule has 10 heteroatoms. The summed E-state index contributed by atoms with van der Waals surface area (Å²) >= 11 is 0. The number of hydrogen-bond acceptors (Lipinski definition) is 7. The Morgan fingerprint density at radius 2 is 1.86 bits per heavy atom. The van der Waals surface area contributed by atoms with Gasteiger partial charge in [0.25, 0.3) is 5.95 Å². The Kier molecular flexibility index (Phi) is 6.02. The number of hydrogen-bond donors (Lipinski definition) is 0. The lowest BCUT2D eigenvalue weighted by Crippen LogP contribution is -2.47. The minimum Gasteiger partial charge on any atom is -0.220 e. The van der Waals surface area contributed by atoms with Gasteiger partial charge < -0.3 is 0 Å². The maximum Gasteiger partial charge on any atom is 0.252 e. The first-order valence-corrected chi connectivity index (χ1v) is 12.1. The highest BCUT2D eigenvalue weighted by Gasteiger charge is 2.52.